The lowest BCUT2D eigenvalue weighted by molar-refractivity contribution is -0.120. The quantitative estimate of drug-likeness (QED) is 0.736. The molecule has 1 aliphatic rings. The third-order valence-corrected chi connectivity index (χ3v) is 3.11. The van der Waals surface area contributed by atoms with Gasteiger partial charge in [-0.05, 0) is 38.8 Å². The average Bonchev–Trinajstić information content (AvgIpc) is 2.18. The van der Waals surface area contributed by atoms with Crippen molar-refractivity contribution < 1.29 is 9.90 Å². The first kappa shape index (κ1) is 11.7. The zero-order chi connectivity index (χ0) is 10.6. The van der Waals surface area contributed by atoms with Crippen molar-refractivity contribution in [3.63, 3.8) is 0 Å². The first-order chi connectivity index (χ1) is 6.63. The van der Waals surface area contributed by atoms with E-state index in [0.717, 1.165) is 25.9 Å². The monoisotopic (exact) mass is 199 g/mol. The van der Waals surface area contributed by atoms with Gasteiger partial charge in [0.1, 0.15) is 5.78 Å². The van der Waals surface area contributed by atoms with Crippen LogP contribution in [0.1, 0.15) is 33.1 Å². The second-order valence-electron chi connectivity index (χ2n) is 4.25. The van der Waals surface area contributed by atoms with Crippen molar-refractivity contribution in [2.45, 2.75) is 39.2 Å². The van der Waals surface area contributed by atoms with E-state index >= 15 is 0 Å². The molecule has 82 valence electrons. The number of hydrogen-bond acceptors (Lipinski definition) is 3. The number of Topliss-reactive ketones (excluding diaryl/α,β-unsaturated/α-hetero) is 1. The summed E-state index contributed by atoms with van der Waals surface area (Å²) < 4.78 is 0. The third-order valence-electron chi connectivity index (χ3n) is 3.11. The summed E-state index contributed by atoms with van der Waals surface area (Å²) in [4.78, 5) is 13.4. The van der Waals surface area contributed by atoms with E-state index in [2.05, 4.69) is 4.90 Å². The standard InChI is InChI=1S/C11H21NO2/c1-3-11(14)8-12-6-4-10(5-7-12)9(2)13/h9-10,13H,3-8H2,1-2H3. The average molecular weight is 199 g/mol. The number of aliphatic hydroxyl groups excluding tert-OH is 1. The van der Waals surface area contributed by atoms with E-state index < -0.39 is 0 Å². The number of carbonyl (C=O) groups excluding carboxylic acids is 1. The van der Waals surface area contributed by atoms with Crippen molar-refractivity contribution in [1.29, 1.82) is 0 Å². The second kappa shape index (κ2) is 5.47. The van der Waals surface area contributed by atoms with E-state index in [1.54, 1.807) is 0 Å². The lowest BCUT2D eigenvalue weighted by atomic mass is 9.92. The number of nitrogens with zero attached hydrogens (tertiary/aromatic N) is 1. The minimum atomic E-state index is -0.195. The molecule has 0 aromatic heterocycles. The molecule has 0 radical (unpaired) electrons. The Balaban J connectivity index is 2.25. The Morgan fingerprint density at radius 2 is 2.07 bits per heavy atom. The molecule has 0 aliphatic carbocycles. The molecule has 1 rings (SSSR count). The number of aliphatic hydroxyl groups is 1. The molecule has 1 unspecified atom stereocenters. The molecule has 0 saturated carbocycles. The van der Waals surface area contributed by atoms with Crippen molar-refractivity contribution in [1.82, 2.24) is 4.90 Å². The third kappa shape index (κ3) is 3.39. The van der Waals surface area contributed by atoms with Crippen molar-refractivity contribution in [2.75, 3.05) is 19.6 Å². The van der Waals surface area contributed by atoms with E-state index in [1.165, 1.54) is 0 Å². The fourth-order valence-corrected chi connectivity index (χ4v) is 1.95. The smallest absolute Gasteiger partial charge is 0.146 e. The van der Waals surface area contributed by atoms with E-state index in [1.807, 2.05) is 13.8 Å². The zero-order valence-electron chi connectivity index (χ0n) is 9.20. The highest BCUT2D eigenvalue weighted by Crippen LogP contribution is 2.20. The van der Waals surface area contributed by atoms with E-state index in [9.17, 15) is 9.90 Å². The summed E-state index contributed by atoms with van der Waals surface area (Å²) in [5.74, 6) is 0.753. The van der Waals surface area contributed by atoms with Gasteiger partial charge in [0.2, 0.25) is 0 Å². The molecular weight excluding hydrogens is 178 g/mol. The Morgan fingerprint density at radius 3 is 2.50 bits per heavy atom. The Labute approximate surface area is 86.1 Å². The number of rotatable bonds is 4. The number of hydrogen-bond donors (Lipinski definition) is 1. The molecule has 0 amide bonds. The van der Waals surface area contributed by atoms with Crippen LogP contribution in [0.2, 0.25) is 0 Å². The molecule has 1 saturated heterocycles. The molecule has 1 atom stereocenters. The van der Waals surface area contributed by atoms with Gasteiger partial charge in [-0.2, -0.15) is 0 Å². The van der Waals surface area contributed by atoms with Crippen LogP contribution < -0.4 is 0 Å². The second-order valence-corrected chi connectivity index (χ2v) is 4.25. The summed E-state index contributed by atoms with van der Waals surface area (Å²) in [6.07, 6.45) is 2.48. The summed E-state index contributed by atoms with van der Waals surface area (Å²) in [5.41, 5.74) is 0. The minimum Gasteiger partial charge on any atom is -0.393 e. The lowest BCUT2D eigenvalue weighted by Crippen LogP contribution is -2.39. The predicted molar refractivity (Wildman–Crippen MR) is 56.1 cm³/mol. The van der Waals surface area contributed by atoms with Crippen molar-refractivity contribution in [3.05, 3.63) is 0 Å². The fourth-order valence-electron chi connectivity index (χ4n) is 1.95. The van der Waals surface area contributed by atoms with Crippen LogP contribution in [0.3, 0.4) is 0 Å². The van der Waals surface area contributed by atoms with Gasteiger partial charge in [-0.25, -0.2) is 0 Å². The van der Waals surface area contributed by atoms with Gasteiger partial charge in [0.05, 0.1) is 12.6 Å². The van der Waals surface area contributed by atoms with Crippen LogP contribution in [0.15, 0.2) is 0 Å². The molecule has 14 heavy (non-hydrogen) atoms. The maximum Gasteiger partial charge on any atom is 0.146 e. The van der Waals surface area contributed by atoms with Crippen LogP contribution in [0.5, 0.6) is 0 Å². The van der Waals surface area contributed by atoms with Crippen LogP contribution in [0.4, 0.5) is 0 Å². The molecule has 1 N–H and O–H groups in total. The zero-order valence-corrected chi connectivity index (χ0v) is 9.20. The van der Waals surface area contributed by atoms with E-state index in [4.69, 9.17) is 0 Å². The van der Waals surface area contributed by atoms with Gasteiger partial charge in [0, 0.05) is 6.42 Å². The molecule has 0 spiro atoms. The highest BCUT2D eigenvalue weighted by Gasteiger charge is 2.23. The van der Waals surface area contributed by atoms with Crippen LogP contribution in [0.25, 0.3) is 0 Å². The van der Waals surface area contributed by atoms with Crippen molar-refractivity contribution >= 4 is 5.78 Å². The maximum absolute atomic E-state index is 11.2. The number of likely N-dealkylation sites (tertiary alicyclic amines) is 1. The molecule has 3 nitrogen and oxygen atoms in total. The first-order valence-corrected chi connectivity index (χ1v) is 5.55. The number of carbonyl (C=O) groups is 1. The summed E-state index contributed by atoms with van der Waals surface area (Å²) in [6, 6.07) is 0. The topological polar surface area (TPSA) is 40.5 Å². The lowest BCUT2D eigenvalue weighted by Gasteiger charge is -2.32. The molecule has 3 heteroatoms. The van der Waals surface area contributed by atoms with Crippen LogP contribution in [-0.2, 0) is 4.79 Å². The van der Waals surface area contributed by atoms with Gasteiger partial charge in [-0.1, -0.05) is 6.92 Å². The van der Waals surface area contributed by atoms with Crippen LogP contribution in [0, 0.1) is 5.92 Å². The summed E-state index contributed by atoms with van der Waals surface area (Å²) in [5, 5.41) is 9.41. The Hall–Kier alpha value is -0.410. The van der Waals surface area contributed by atoms with Crippen LogP contribution in [-0.4, -0.2) is 41.5 Å². The minimum absolute atomic E-state index is 0.195. The maximum atomic E-state index is 11.2. The van der Waals surface area contributed by atoms with E-state index in [0.29, 0.717) is 24.7 Å². The van der Waals surface area contributed by atoms with Gasteiger partial charge >= 0.3 is 0 Å². The highest BCUT2D eigenvalue weighted by atomic mass is 16.3. The fraction of sp³-hybridized carbons (Fsp3) is 0.909. The predicted octanol–water partition coefficient (Wildman–Crippen LogP) is 1.06. The molecule has 1 heterocycles. The summed E-state index contributed by atoms with van der Waals surface area (Å²) in [6.45, 7) is 6.29. The number of ketones is 1. The molecule has 0 bridgehead atoms. The van der Waals surface area contributed by atoms with Gasteiger partial charge < -0.3 is 5.11 Å². The molecule has 1 aliphatic heterocycles. The molecular formula is C11H21NO2. The van der Waals surface area contributed by atoms with Gasteiger partial charge in [-0.15, -0.1) is 0 Å². The van der Waals surface area contributed by atoms with Crippen molar-refractivity contribution in [3.8, 4) is 0 Å². The van der Waals surface area contributed by atoms with Crippen molar-refractivity contribution in [2.24, 2.45) is 5.92 Å². The van der Waals surface area contributed by atoms with Gasteiger partial charge in [0.25, 0.3) is 0 Å². The Kier molecular flexibility index (Phi) is 4.55. The van der Waals surface area contributed by atoms with Gasteiger partial charge in [-0.3, -0.25) is 9.69 Å². The first-order valence-electron chi connectivity index (χ1n) is 5.55. The molecule has 0 aromatic carbocycles. The Morgan fingerprint density at radius 1 is 1.50 bits per heavy atom. The summed E-state index contributed by atoms with van der Waals surface area (Å²) in [7, 11) is 0. The molecule has 1 fully saturated rings. The normalized spacial score (nSPS) is 22.2. The largest absolute Gasteiger partial charge is 0.393 e. The molecule has 0 aromatic rings. The highest BCUT2D eigenvalue weighted by molar-refractivity contribution is 5.80. The Bertz CT molecular complexity index is 184. The number of piperidine rings is 1. The SMILES string of the molecule is CCC(=O)CN1CCC(C(C)O)CC1. The van der Waals surface area contributed by atoms with E-state index in [-0.39, 0.29) is 6.10 Å². The van der Waals surface area contributed by atoms with Gasteiger partial charge in [0.15, 0.2) is 0 Å². The summed E-state index contributed by atoms with van der Waals surface area (Å²) >= 11 is 0. The van der Waals surface area contributed by atoms with Crippen LogP contribution >= 0.6 is 0 Å².